The van der Waals surface area contributed by atoms with E-state index in [-0.39, 0.29) is 17.0 Å². The van der Waals surface area contributed by atoms with Gasteiger partial charge in [0.25, 0.3) is 5.56 Å². The highest BCUT2D eigenvalue weighted by Crippen LogP contribution is 2.42. The van der Waals surface area contributed by atoms with Gasteiger partial charge in [0.05, 0.1) is 11.5 Å². The van der Waals surface area contributed by atoms with Crippen molar-refractivity contribution in [1.29, 1.82) is 5.26 Å². The molecule has 2 heterocycles. The number of aryl methyl sites for hydroxylation is 1. The number of hydrogen-bond acceptors (Lipinski definition) is 5. The first kappa shape index (κ1) is 21.9. The lowest BCUT2D eigenvalue weighted by Gasteiger charge is -2.28. The summed E-state index contributed by atoms with van der Waals surface area (Å²) in [5.74, 6) is -0.263. The van der Waals surface area contributed by atoms with Gasteiger partial charge in [-0.15, -0.1) is 0 Å². The van der Waals surface area contributed by atoms with Gasteiger partial charge < -0.3 is 19.9 Å². The van der Waals surface area contributed by atoms with E-state index < -0.39 is 5.92 Å². The number of nitrogens with two attached hydrogens (primary N) is 1. The molecule has 0 radical (unpaired) electrons. The Morgan fingerprint density at radius 3 is 2.63 bits per heavy atom. The predicted octanol–water partition coefficient (Wildman–Crippen LogP) is 3.76. The molecule has 1 aromatic heterocycles. The van der Waals surface area contributed by atoms with Crippen molar-refractivity contribution >= 4 is 11.6 Å². The first-order valence-corrected chi connectivity index (χ1v) is 10.6. The molecular weight excluding hydrogens is 400 g/mol. The summed E-state index contributed by atoms with van der Waals surface area (Å²) in [4.78, 5) is 15.9. The second-order valence-electron chi connectivity index (χ2n) is 7.35. The Bertz CT molecular complexity index is 1060. The summed E-state index contributed by atoms with van der Waals surface area (Å²) in [7, 11) is 0. The average Bonchev–Trinajstić information content (AvgIpc) is 2.73. The Labute approximate surface area is 182 Å². The van der Waals surface area contributed by atoms with Gasteiger partial charge in [-0.3, -0.25) is 4.79 Å². The van der Waals surface area contributed by atoms with Gasteiger partial charge in [-0.25, -0.2) is 0 Å². The molecule has 6 nitrogen and oxygen atoms in total. The molecule has 0 spiro atoms. The topological polar surface area (TPSA) is 84.3 Å². The number of halogens is 1. The van der Waals surface area contributed by atoms with Crippen molar-refractivity contribution in [2.75, 3.05) is 19.6 Å². The number of hydrogen-bond donors (Lipinski definition) is 1. The zero-order valence-corrected chi connectivity index (χ0v) is 18.4. The molecule has 0 unspecified atom stereocenters. The van der Waals surface area contributed by atoms with E-state index in [1.165, 1.54) is 0 Å². The third-order valence-electron chi connectivity index (χ3n) is 5.66. The molecule has 0 bridgehead atoms. The van der Waals surface area contributed by atoms with Crippen LogP contribution >= 0.6 is 11.6 Å². The molecular formula is C23H27ClN4O2. The fraction of sp³-hybridized carbons (Fsp3) is 0.391. The van der Waals surface area contributed by atoms with Crippen LogP contribution in [0.1, 0.15) is 43.0 Å². The van der Waals surface area contributed by atoms with Gasteiger partial charge in [-0.05, 0) is 44.6 Å². The minimum absolute atomic E-state index is 0.00741. The smallest absolute Gasteiger partial charge is 0.258 e. The van der Waals surface area contributed by atoms with Crippen LogP contribution in [0.25, 0.3) is 0 Å². The highest BCUT2D eigenvalue weighted by atomic mass is 35.5. The van der Waals surface area contributed by atoms with E-state index in [4.69, 9.17) is 22.1 Å². The standard InChI is InChI=1S/C23H27ClN4O2/c1-4-27(5-2)11-8-12-28-15(3)13-19-21(23(28)29)20(17(14-25)22(26)30-19)16-9-6-7-10-18(16)24/h6-7,9-10,13,20H,4-5,8,11-12,26H2,1-3H3/t20-/m1/s1. The Kier molecular flexibility index (Phi) is 6.86. The van der Waals surface area contributed by atoms with Gasteiger partial charge >= 0.3 is 0 Å². The largest absolute Gasteiger partial charge is 0.440 e. The molecule has 1 atom stereocenters. The molecule has 2 N–H and O–H groups in total. The minimum atomic E-state index is -0.658. The highest BCUT2D eigenvalue weighted by molar-refractivity contribution is 6.31. The number of nitrogens with zero attached hydrogens (tertiary/aromatic N) is 3. The summed E-state index contributed by atoms with van der Waals surface area (Å²) < 4.78 is 7.45. The third kappa shape index (κ3) is 4.09. The zero-order chi connectivity index (χ0) is 21.8. The fourth-order valence-electron chi connectivity index (χ4n) is 3.98. The summed E-state index contributed by atoms with van der Waals surface area (Å²) in [6, 6.07) is 11.1. The second-order valence-corrected chi connectivity index (χ2v) is 7.75. The van der Waals surface area contributed by atoms with Crippen LogP contribution in [-0.4, -0.2) is 29.1 Å². The molecule has 1 aliphatic heterocycles. The van der Waals surface area contributed by atoms with Crippen molar-refractivity contribution in [2.24, 2.45) is 5.73 Å². The number of fused-ring (bicyclic) bond motifs is 1. The van der Waals surface area contributed by atoms with Crippen molar-refractivity contribution in [3.8, 4) is 11.8 Å². The van der Waals surface area contributed by atoms with E-state index in [0.29, 0.717) is 28.4 Å². The number of rotatable bonds is 7. The number of ether oxygens (including phenoxy) is 1. The third-order valence-corrected chi connectivity index (χ3v) is 6.00. The monoisotopic (exact) mass is 426 g/mol. The van der Waals surface area contributed by atoms with Gasteiger partial charge in [0, 0.05) is 23.3 Å². The minimum Gasteiger partial charge on any atom is -0.440 e. The summed E-state index contributed by atoms with van der Waals surface area (Å²) in [5.41, 5.74) is 7.94. The van der Waals surface area contributed by atoms with Crippen LogP contribution in [0.2, 0.25) is 5.02 Å². The van der Waals surface area contributed by atoms with Crippen molar-refractivity contribution in [3.05, 3.63) is 74.0 Å². The summed E-state index contributed by atoms with van der Waals surface area (Å²) in [6.45, 7) is 9.60. The van der Waals surface area contributed by atoms with E-state index in [9.17, 15) is 10.1 Å². The quantitative estimate of drug-likeness (QED) is 0.728. The first-order chi connectivity index (χ1) is 14.4. The maximum Gasteiger partial charge on any atom is 0.258 e. The second kappa shape index (κ2) is 9.38. The van der Waals surface area contributed by atoms with Crippen molar-refractivity contribution in [2.45, 2.75) is 39.7 Å². The molecule has 158 valence electrons. The summed E-state index contributed by atoms with van der Waals surface area (Å²) in [6.07, 6.45) is 0.849. The molecule has 7 heteroatoms. The van der Waals surface area contributed by atoms with Crippen LogP contribution in [0.4, 0.5) is 0 Å². The maximum absolute atomic E-state index is 13.6. The zero-order valence-electron chi connectivity index (χ0n) is 17.6. The maximum atomic E-state index is 13.6. The van der Waals surface area contributed by atoms with Crippen LogP contribution in [0.5, 0.6) is 5.75 Å². The molecule has 0 saturated carbocycles. The lowest BCUT2D eigenvalue weighted by Crippen LogP contribution is -2.33. The molecule has 0 fully saturated rings. The normalized spacial score (nSPS) is 15.7. The number of aromatic nitrogens is 1. The van der Waals surface area contributed by atoms with Crippen LogP contribution in [0.15, 0.2) is 46.6 Å². The lowest BCUT2D eigenvalue weighted by atomic mass is 9.84. The van der Waals surface area contributed by atoms with Crippen molar-refractivity contribution in [1.82, 2.24) is 9.47 Å². The average molecular weight is 427 g/mol. The lowest BCUT2D eigenvalue weighted by molar-refractivity contribution is 0.292. The molecule has 0 saturated heterocycles. The van der Waals surface area contributed by atoms with Crippen LogP contribution in [-0.2, 0) is 6.54 Å². The van der Waals surface area contributed by atoms with Gasteiger partial charge in [0.15, 0.2) is 0 Å². The molecule has 30 heavy (non-hydrogen) atoms. The fourth-order valence-corrected chi connectivity index (χ4v) is 4.22. The van der Waals surface area contributed by atoms with E-state index >= 15 is 0 Å². The molecule has 0 aliphatic carbocycles. The number of benzene rings is 1. The first-order valence-electron chi connectivity index (χ1n) is 10.2. The van der Waals surface area contributed by atoms with E-state index in [1.807, 2.05) is 31.2 Å². The van der Waals surface area contributed by atoms with Crippen LogP contribution in [0, 0.1) is 18.3 Å². The molecule has 1 aliphatic rings. The van der Waals surface area contributed by atoms with E-state index in [2.05, 4.69) is 24.8 Å². The molecule has 1 aromatic carbocycles. The van der Waals surface area contributed by atoms with Crippen molar-refractivity contribution < 1.29 is 4.74 Å². The van der Waals surface area contributed by atoms with Gasteiger partial charge in [-0.1, -0.05) is 43.6 Å². The Hall–Kier alpha value is -2.75. The SMILES string of the molecule is CCN(CC)CCCn1c(C)cc2c(c1=O)[C@H](c1ccccc1Cl)C(C#N)=C(N)O2. The summed E-state index contributed by atoms with van der Waals surface area (Å²) in [5, 5.41) is 10.2. The number of allylic oxidation sites excluding steroid dienone is 1. The van der Waals surface area contributed by atoms with E-state index in [0.717, 1.165) is 31.7 Å². The van der Waals surface area contributed by atoms with Crippen LogP contribution in [0.3, 0.4) is 0 Å². The highest BCUT2D eigenvalue weighted by Gasteiger charge is 2.35. The molecule has 0 amide bonds. The Morgan fingerprint density at radius 2 is 2.00 bits per heavy atom. The number of nitriles is 1. The summed E-state index contributed by atoms with van der Waals surface area (Å²) >= 11 is 6.44. The number of pyridine rings is 1. The van der Waals surface area contributed by atoms with Gasteiger partial charge in [0.1, 0.15) is 17.4 Å². The van der Waals surface area contributed by atoms with E-state index in [1.54, 1.807) is 10.6 Å². The Balaban J connectivity index is 2.09. The van der Waals surface area contributed by atoms with Gasteiger partial charge in [0.2, 0.25) is 5.88 Å². The van der Waals surface area contributed by atoms with Crippen molar-refractivity contribution in [3.63, 3.8) is 0 Å². The molecule has 3 rings (SSSR count). The molecule has 2 aromatic rings. The predicted molar refractivity (Wildman–Crippen MR) is 119 cm³/mol. The Morgan fingerprint density at radius 1 is 1.30 bits per heavy atom. The van der Waals surface area contributed by atoms with Crippen LogP contribution < -0.4 is 16.0 Å². The van der Waals surface area contributed by atoms with Gasteiger partial charge in [-0.2, -0.15) is 5.26 Å².